The molecule has 1 aromatic carbocycles. The van der Waals surface area contributed by atoms with E-state index in [0.29, 0.717) is 24.7 Å². The lowest BCUT2D eigenvalue weighted by Crippen LogP contribution is -2.02. The fourth-order valence-electron chi connectivity index (χ4n) is 2.13. The molecule has 0 saturated heterocycles. The van der Waals surface area contributed by atoms with Gasteiger partial charge in [0.1, 0.15) is 0 Å². The van der Waals surface area contributed by atoms with Crippen molar-refractivity contribution in [2.75, 3.05) is 6.54 Å². The summed E-state index contributed by atoms with van der Waals surface area (Å²) < 4.78 is 5.21. The zero-order valence-electron chi connectivity index (χ0n) is 11.4. The molecule has 0 aliphatic rings. The number of aromatic nitrogens is 2. The molecule has 96 valence electrons. The van der Waals surface area contributed by atoms with Gasteiger partial charge in [0.25, 0.3) is 0 Å². The van der Waals surface area contributed by atoms with Gasteiger partial charge in [-0.1, -0.05) is 11.2 Å². The van der Waals surface area contributed by atoms with Crippen molar-refractivity contribution in [3.8, 4) is 11.4 Å². The lowest BCUT2D eigenvalue weighted by molar-refractivity contribution is 0.380. The van der Waals surface area contributed by atoms with E-state index in [0.717, 1.165) is 5.56 Å². The van der Waals surface area contributed by atoms with E-state index < -0.39 is 0 Å². The average Bonchev–Trinajstić information content (AvgIpc) is 2.76. The maximum atomic E-state index is 5.49. The molecule has 0 bridgehead atoms. The van der Waals surface area contributed by atoms with Crippen LogP contribution in [0.1, 0.15) is 28.1 Å². The third-order valence-corrected chi connectivity index (χ3v) is 3.42. The highest BCUT2D eigenvalue weighted by Gasteiger charge is 2.15. The topological polar surface area (TPSA) is 64.9 Å². The fourth-order valence-corrected chi connectivity index (χ4v) is 2.13. The van der Waals surface area contributed by atoms with E-state index in [1.807, 2.05) is 0 Å². The molecule has 1 aromatic heterocycles. The van der Waals surface area contributed by atoms with E-state index in [1.54, 1.807) is 0 Å². The Balaban J connectivity index is 2.55. The molecule has 0 spiro atoms. The van der Waals surface area contributed by atoms with Crippen molar-refractivity contribution in [2.45, 2.75) is 34.1 Å². The molecule has 0 saturated carbocycles. The molecule has 18 heavy (non-hydrogen) atoms. The van der Waals surface area contributed by atoms with Crippen LogP contribution in [-0.2, 0) is 6.42 Å². The molecule has 0 radical (unpaired) electrons. The average molecular weight is 245 g/mol. The molecule has 4 heteroatoms. The summed E-state index contributed by atoms with van der Waals surface area (Å²) in [5.74, 6) is 1.27. The van der Waals surface area contributed by atoms with Crippen LogP contribution in [-0.4, -0.2) is 16.7 Å². The van der Waals surface area contributed by atoms with Crippen LogP contribution in [0, 0.1) is 27.7 Å². The first-order valence-corrected chi connectivity index (χ1v) is 6.15. The van der Waals surface area contributed by atoms with Crippen molar-refractivity contribution in [3.63, 3.8) is 0 Å². The maximum Gasteiger partial charge on any atom is 0.228 e. The smallest absolute Gasteiger partial charge is 0.228 e. The van der Waals surface area contributed by atoms with Gasteiger partial charge in [-0.25, -0.2) is 0 Å². The summed E-state index contributed by atoms with van der Waals surface area (Å²) in [7, 11) is 0. The first kappa shape index (κ1) is 12.8. The third kappa shape index (κ3) is 2.16. The van der Waals surface area contributed by atoms with Gasteiger partial charge in [-0.3, -0.25) is 0 Å². The summed E-state index contributed by atoms with van der Waals surface area (Å²) in [6, 6.07) is 2.19. The molecule has 2 N–H and O–H groups in total. The van der Waals surface area contributed by atoms with Gasteiger partial charge in [0.15, 0.2) is 0 Å². The van der Waals surface area contributed by atoms with Crippen LogP contribution in [0.4, 0.5) is 0 Å². The second-order valence-electron chi connectivity index (χ2n) is 4.69. The SMILES string of the molecule is Cc1cc(C)c(C)c(-c2noc(CCN)n2)c1C. The van der Waals surface area contributed by atoms with Gasteiger partial charge in [-0.2, -0.15) is 4.98 Å². The Labute approximate surface area is 107 Å². The molecular weight excluding hydrogens is 226 g/mol. The van der Waals surface area contributed by atoms with Crippen LogP contribution in [0.5, 0.6) is 0 Å². The lowest BCUT2D eigenvalue weighted by atomic mass is 9.94. The van der Waals surface area contributed by atoms with Crippen LogP contribution < -0.4 is 5.73 Å². The van der Waals surface area contributed by atoms with Gasteiger partial charge < -0.3 is 10.3 Å². The summed E-state index contributed by atoms with van der Waals surface area (Å²) in [4.78, 5) is 4.42. The van der Waals surface area contributed by atoms with E-state index in [4.69, 9.17) is 10.3 Å². The number of nitrogens with zero attached hydrogens (tertiary/aromatic N) is 2. The van der Waals surface area contributed by atoms with Crippen molar-refractivity contribution in [2.24, 2.45) is 5.73 Å². The summed E-state index contributed by atoms with van der Waals surface area (Å²) in [6.45, 7) is 8.91. The Morgan fingerprint density at radius 3 is 2.28 bits per heavy atom. The summed E-state index contributed by atoms with van der Waals surface area (Å²) in [5, 5.41) is 4.07. The Morgan fingerprint density at radius 2 is 1.72 bits per heavy atom. The summed E-state index contributed by atoms with van der Waals surface area (Å²) in [5.41, 5.74) is 11.5. The van der Waals surface area contributed by atoms with Crippen LogP contribution in [0.15, 0.2) is 10.6 Å². The van der Waals surface area contributed by atoms with E-state index >= 15 is 0 Å². The van der Waals surface area contributed by atoms with Crippen LogP contribution >= 0.6 is 0 Å². The molecule has 0 aliphatic carbocycles. The van der Waals surface area contributed by atoms with Gasteiger partial charge in [-0.05, 0) is 49.9 Å². The zero-order chi connectivity index (χ0) is 13.3. The number of hydrogen-bond acceptors (Lipinski definition) is 4. The number of rotatable bonds is 3. The van der Waals surface area contributed by atoms with E-state index in [2.05, 4.69) is 43.9 Å². The van der Waals surface area contributed by atoms with Crippen LogP contribution in [0.25, 0.3) is 11.4 Å². The van der Waals surface area contributed by atoms with Gasteiger partial charge in [0.05, 0.1) is 0 Å². The molecular formula is C14H19N3O. The molecule has 1 heterocycles. The largest absolute Gasteiger partial charge is 0.339 e. The van der Waals surface area contributed by atoms with Gasteiger partial charge in [-0.15, -0.1) is 0 Å². The second-order valence-corrected chi connectivity index (χ2v) is 4.69. The predicted octanol–water partition coefficient (Wildman–Crippen LogP) is 2.47. The minimum absolute atomic E-state index is 0.520. The standard InChI is InChI=1S/C14H19N3O/c1-8-7-9(2)11(4)13(10(8)3)14-16-12(5-6-15)18-17-14/h7H,5-6,15H2,1-4H3. The van der Waals surface area contributed by atoms with Crippen molar-refractivity contribution >= 4 is 0 Å². The second kappa shape index (κ2) is 4.90. The number of aryl methyl sites for hydroxylation is 2. The van der Waals surface area contributed by atoms with E-state index in [1.165, 1.54) is 22.3 Å². The van der Waals surface area contributed by atoms with Gasteiger partial charge in [0, 0.05) is 18.5 Å². The number of hydrogen-bond donors (Lipinski definition) is 1. The Hall–Kier alpha value is -1.68. The van der Waals surface area contributed by atoms with E-state index in [-0.39, 0.29) is 0 Å². The number of nitrogens with two attached hydrogens (primary N) is 1. The predicted molar refractivity (Wildman–Crippen MR) is 71.4 cm³/mol. The highest BCUT2D eigenvalue weighted by atomic mass is 16.5. The lowest BCUT2D eigenvalue weighted by Gasteiger charge is -2.12. The maximum absolute atomic E-state index is 5.49. The molecule has 0 fully saturated rings. The summed E-state index contributed by atoms with van der Waals surface area (Å²) in [6.07, 6.45) is 0.621. The molecule has 2 aromatic rings. The van der Waals surface area contributed by atoms with Crippen LogP contribution in [0.3, 0.4) is 0 Å². The zero-order valence-corrected chi connectivity index (χ0v) is 11.4. The molecule has 4 nitrogen and oxygen atoms in total. The quantitative estimate of drug-likeness (QED) is 0.902. The van der Waals surface area contributed by atoms with Gasteiger partial charge >= 0.3 is 0 Å². The molecule has 0 aliphatic heterocycles. The molecule has 2 rings (SSSR count). The van der Waals surface area contributed by atoms with Crippen molar-refractivity contribution in [1.82, 2.24) is 10.1 Å². The Bertz CT molecular complexity index is 546. The minimum atomic E-state index is 0.520. The Kier molecular flexibility index (Phi) is 3.48. The summed E-state index contributed by atoms with van der Waals surface area (Å²) >= 11 is 0. The molecule has 0 amide bonds. The number of benzene rings is 1. The third-order valence-electron chi connectivity index (χ3n) is 3.42. The fraction of sp³-hybridized carbons (Fsp3) is 0.429. The van der Waals surface area contributed by atoms with Crippen molar-refractivity contribution < 1.29 is 4.52 Å². The van der Waals surface area contributed by atoms with Crippen molar-refractivity contribution in [1.29, 1.82) is 0 Å². The first-order chi connectivity index (χ1) is 8.54. The van der Waals surface area contributed by atoms with Crippen LogP contribution in [0.2, 0.25) is 0 Å². The highest BCUT2D eigenvalue weighted by Crippen LogP contribution is 2.29. The van der Waals surface area contributed by atoms with Gasteiger partial charge in [0.2, 0.25) is 11.7 Å². The highest BCUT2D eigenvalue weighted by molar-refractivity contribution is 5.67. The van der Waals surface area contributed by atoms with Crippen molar-refractivity contribution in [3.05, 3.63) is 34.2 Å². The normalized spacial score (nSPS) is 10.9. The molecule has 0 atom stereocenters. The monoisotopic (exact) mass is 245 g/mol. The molecule has 0 unspecified atom stereocenters. The Morgan fingerprint density at radius 1 is 1.11 bits per heavy atom. The minimum Gasteiger partial charge on any atom is -0.339 e. The first-order valence-electron chi connectivity index (χ1n) is 6.15. The van der Waals surface area contributed by atoms with E-state index in [9.17, 15) is 0 Å².